The number of esters is 2. The van der Waals surface area contributed by atoms with E-state index in [1.165, 1.54) is 31.5 Å². The number of hydrogen-bond donors (Lipinski definition) is 1. The van der Waals surface area contributed by atoms with Gasteiger partial charge in [-0.3, -0.25) is 9.59 Å². The molecular formula is C32H41FN2O9. The maximum atomic E-state index is 13.5. The summed E-state index contributed by atoms with van der Waals surface area (Å²) in [5.74, 6) is -1.88. The first-order chi connectivity index (χ1) is 21.2. The summed E-state index contributed by atoms with van der Waals surface area (Å²) in [6, 6.07) is 6.26. The Labute approximate surface area is 256 Å². The molecule has 2 aliphatic rings. The van der Waals surface area contributed by atoms with Crippen LogP contribution in [0, 0.1) is 11.7 Å². The zero-order valence-electron chi connectivity index (χ0n) is 25.6. The number of halogens is 1. The van der Waals surface area contributed by atoms with Crippen LogP contribution in [0.1, 0.15) is 76.2 Å². The van der Waals surface area contributed by atoms with Crippen LogP contribution in [0.25, 0.3) is 0 Å². The third-order valence-electron chi connectivity index (χ3n) is 7.63. The van der Waals surface area contributed by atoms with Crippen molar-refractivity contribution in [3.63, 3.8) is 0 Å². The van der Waals surface area contributed by atoms with Crippen molar-refractivity contribution in [3.05, 3.63) is 48.0 Å². The Morgan fingerprint density at radius 3 is 2.48 bits per heavy atom. The Balaban J connectivity index is 1.50. The number of carbonyl (C=O) groups excluding carboxylic acids is 3. The lowest BCUT2D eigenvalue weighted by Crippen LogP contribution is -2.47. The van der Waals surface area contributed by atoms with E-state index in [1.807, 2.05) is 0 Å². The molecule has 12 heteroatoms. The van der Waals surface area contributed by atoms with E-state index in [1.54, 1.807) is 32.9 Å². The average molecular weight is 617 g/mol. The Kier molecular flexibility index (Phi) is 11.8. The van der Waals surface area contributed by atoms with Crippen LogP contribution in [-0.2, 0) is 23.8 Å². The smallest absolute Gasteiger partial charge is 0.329 e. The molecule has 1 aliphatic carbocycles. The number of cyclic esters (lactones) is 1. The van der Waals surface area contributed by atoms with Gasteiger partial charge in [0.1, 0.15) is 35.9 Å². The van der Waals surface area contributed by atoms with Crippen molar-refractivity contribution in [2.24, 2.45) is 5.92 Å². The Morgan fingerprint density at radius 2 is 1.80 bits per heavy atom. The number of carbonyl (C=O) groups is 3. The van der Waals surface area contributed by atoms with Gasteiger partial charge in [0.15, 0.2) is 17.2 Å². The van der Waals surface area contributed by atoms with Crippen molar-refractivity contribution >= 4 is 17.8 Å². The first-order valence-corrected chi connectivity index (χ1v) is 15.1. The maximum Gasteiger partial charge on any atom is 0.329 e. The van der Waals surface area contributed by atoms with Crippen LogP contribution in [-0.4, -0.2) is 67.2 Å². The highest BCUT2D eigenvalue weighted by Gasteiger charge is 2.38. The van der Waals surface area contributed by atoms with Crippen LogP contribution in [0.3, 0.4) is 0 Å². The van der Waals surface area contributed by atoms with Crippen molar-refractivity contribution < 1.29 is 47.2 Å². The van der Waals surface area contributed by atoms with Gasteiger partial charge >= 0.3 is 11.9 Å². The molecule has 1 saturated carbocycles. The van der Waals surface area contributed by atoms with Gasteiger partial charge in [0.25, 0.3) is 5.91 Å². The minimum absolute atomic E-state index is 0.0223. The fourth-order valence-electron chi connectivity index (χ4n) is 5.26. The second-order valence-electron chi connectivity index (χ2n) is 11.3. The summed E-state index contributed by atoms with van der Waals surface area (Å²) < 4.78 is 48.2. The zero-order valence-corrected chi connectivity index (χ0v) is 25.6. The maximum absolute atomic E-state index is 13.5. The summed E-state index contributed by atoms with van der Waals surface area (Å²) in [4.78, 5) is 42.8. The molecule has 0 bridgehead atoms. The van der Waals surface area contributed by atoms with Gasteiger partial charge in [-0.1, -0.05) is 26.7 Å². The summed E-state index contributed by atoms with van der Waals surface area (Å²) in [7, 11) is 1.40. The topological polar surface area (TPSA) is 132 Å². The normalized spacial score (nSPS) is 22.7. The Hall–Kier alpha value is -3.93. The molecule has 1 aliphatic heterocycles. The third kappa shape index (κ3) is 8.81. The zero-order chi connectivity index (χ0) is 31.6. The highest BCUT2D eigenvalue weighted by molar-refractivity contribution is 5.98. The molecule has 4 atom stereocenters. The number of nitrogens with zero attached hydrogens (tertiary/aromatic N) is 1. The standard InChI is InChI=1S/C32H41FN2O9/c1-19(2)31(37)41-18-40-29-25(39-4)16-17-34-27(29)30(36)35-24-10-7-11-26(43-23-14-12-21(33)13-15-23)28(20(3)42-32(24)38)44-22-8-5-6-9-22/h12-17,19-20,22,24,26,28H,5-11,18H2,1-4H3,(H,35,36)/t20-,24-,26-,28-/m0/s1. The summed E-state index contributed by atoms with van der Waals surface area (Å²) in [5, 5.41) is 2.73. The molecule has 0 radical (unpaired) electrons. The number of hydrogen-bond acceptors (Lipinski definition) is 10. The molecule has 1 aromatic heterocycles. The number of ether oxygens (including phenoxy) is 6. The Bertz CT molecular complexity index is 1270. The van der Waals surface area contributed by atoms with Gasteiger partial charge in [-0.05, 0) is 63.3 Å². The molecule has 0 unspecified atom stereocenters. The van der Waals surface area contributed by atoms with Gasteiger partial charge in [-0.15, -0.1) is 0 Å². The van der Waals surface area contributed by atoms with Gasteiger partial charge < -0.3 is 33.7 Å². The van der Waals surface area contributed by atoms with Crippen molar-refractivity contribution in [1.82, 2.24) is 10.3 Å². The van der Waals surface area contributed by atoms with E-state index in [-0.39, 0.29) is 41.5 Å². The van der Waals surface area contributed by atoms with Crippen LogP contribution in [0.2, 0.25) is 0 Å². The second kappa shape index (κ2) is 15.7. The minimum Gasteiger partial charge on any atom is -0.493 e. The largest absolute Gasteiger partial charge is 0.493 e. The highest BCUT2D eigenvalue weighted by Crippen LogP contribution is 2.31. The van der Waals surface area contributed by atoms with E-state index in [0.717, 1.165) is 25.7 Å². The first kappa shape index (κ1) is 33.0. The molecule has 1 amide bonds. The molecule has 44 heavy (non-hydrogen) atoms. The molecule has 4 rings (SSSR count). The lowest BCUT2D eigenvalue weighted by molar-refractivity contribution is -0.168. The van der Waals surface area contributed by atoms with E-state index in [0.29, 0.717) is 18.6 Å². The highest BCUT2D eigenvalue weighted by atomic mass is 19.1. The molecule has 1 aromatic carbocycles. The molecule has 240 valence electrons. The fraction of sp³-hybridized carbons (Fsp3) is 0.562. The average Bonchev–Trinajstić information content (AvgIpc) is 3.53. The van der Waals surface area contributed by atoms with Gasteiger partial charge in [-0.2, -0.15) is 0 Å². The fourth-order valence-corrected chi connectivity index (χ4v) is 5.26. The van der Waals surface area contributed by atoms with Crippen molar-refractivity contribution in [1.29, 1.82) is 0 Å². The predicted octanol–water partition coefficient (Wildman–Crippen LogP) is 4.75. The lowest BCUT2D eigenvalue weighted by Gasteiger charge is -2.33. The summed E-state index contributed by atoms with van der Waals surface area (Å²) in [5.41, 5.74) is -0.148. The van der Waals surface area contributed by atoms with Gasteiger partial charge in [0.05, 0.1) is 19.1 Å². The molecule has 0 spiro atoms. The monoisotopic (exact) mass is 616 g/mol. The number of nitrogens with one attached hydrogen (secondary N) is 1. The summed E-state index contributed by atoms with van der Waals surface area (Å²) in [6.45, 7) is 4.66. The van der Waals surface area contributed by atoms with Crippen LogP contribution in [0.5, 0.6) is 17.2 Å². The van der Waals surface area contributed by atoms with Crippen LogP contribution < -0.4 is 19.5 Å². The van der Waals surface area contributed by atoms with Gasteiger partial charge in [0, 0.05) is 12.3 Å². The van der Waals surface area contributed by atoms with Gasteiger partial charge in [0.2, 0.25) is 6.79 Å². The van der Waals surface area contributed by atoms with Crippen LogP contribution >= 0.6 is 0 Å². The minimum atomic E-state index is -0.999. The van der Waals surface area contributed by atoms with Crippen molar-refractivity contribution in [3.8, 4) is 17.2 Å². The lowest BCUT2D eigenvalue weighted by atomic mass is 10.0. The first-order valence-electron chi connectivity index (χ1n) is 15.1. The predicted molar refractivity (Wildman–Crippen MR) is 156 cm³/mol. The van der Waals surface area contributed by atoms with E-state index < -0.39 is 49.0 Å². The number of methoxy groups -OCH3 is 1. The molecule has 1 N–H and O–H groups in total. The summed E-state index contributed by atoms with van der Waals surface area (Å²) >= 11 is 0. The number of benzene rings is 1. The van der Waals surface area contributed by atoms with Crippen molar-refractivity contribution in [2.75, 3.05) is 13.9 Å². The van der Waals surface area contributed by atoms with E-state index in [4.69, 9.17) is 28.4 Å². The van der Waals surface area contributed by atoms with Crippen LogP contribution in [0.4, 0.5) is 4.39 Å². The van der Waals surface area contributed by atoms with E-state index >= 15 is 0 Å². The number of pyridine rings is 1. The summed E-state index contributed by atoms with van der Waals surface area (Å²) in [6.07, 6.45) is 4.82. The van der Waals surface area contributed by atoms with Crippen molar-refractivity contribution in [2.45, 2.75) is 96.2 Å². The quantitative estimate of drug-likeness (QED) is 0.279. The van der Waals surface area contributed by atoms with Gasteiger partial charge in [-0.25, -0.2) is 14.2 Å². The molecule has 11 nitrogen and oxygen atoms in total. The van der Waals surface area contributed by atoms with E-state index in [9.17, 15) is 18.8 Å². The molecule has 2 aromatic rings. The van der Waals surface area contributed by atoms with Crippen LogP contribution in [0.15, 0.2) is 36.5 Å². The van der Waals surface area contributed by atoms with E-state index in [2.05, 4.69) is 10.3 Å². The second-order valence-corrected chi connectivity index (χ2v) is 11.3. The molecule has 1 saturated heterocycles. The SMILES string of the molecule is COc1ccnc(C(=O)N[C@H]2CCC[C@H](Oc3ccc(F)cc3)[C@@H](OC3CCCC3)[C@H](C)OC2=O)c1OCOC(=O)C(C)C. The molecule has 2 fully saturated rings. The number of aromatic nitrogens is 1. The molecule has 2 heterocycles. The Morgan fingerprint density at radius 1 is 1.07 bits per heavy atom. The number of rotatable bonds is 11. The molecular weight excluding hydrogens is 575 g/mol. The third-order valence-corrected chi connectivity index (χ3v) is 7.63. The number of amides is 1.